The maximum Gasteiger partial charge on any atom is 0.120 e. The fourth-order valence-electron chi connectivity index (χ4n) is 2.58. The summed E-state index contributed by atoms with van der Waals surface area (Å²) < 4.78 is 0. The number of benzene rings is 1. The van der Waals surface area contributed by atoms with Gasteiger partial charge in [0.1, 0.15) is 5.84 Å². The summed E-state index contributed by atoms with van der Waals surface area (Å²) in [6, 6.07) is 12.5. The van der Waals surface area contributed by atoms with Crippen LogP contribution in [0.1, 0.15) is 27.2 Å². The third-order valence-corrected chi connectivity index (χ3v) is 3.26. The van der Waals surface area contributed by atoms with Crippen LogP contribution in [-0.4, -0.2) is 22.8 Å². The standard InChI is InChI=1S/C10H19N4.C6H5.Ho/c1-7-5-10(2,3)14(6-7)9(13)4-8(11)12;1-2-4-6-5-3-1;/h4,7,11,13H,5-6,12H2,1-3H3;1-5H;/q2*-1;/b8-4+,13-9?;;. The molecule has 1 aromatic carbocycles. The van der Waals surface area contributed by atoms with Crippen LogP contribution in [-0.2, 0) is 0 Å². The van der Waals surface area contributed by atoms with Gasteiger partial charge in [-0.05, 0) is 32.3 Å². The second kappa shape index (κ2) is 9.34. The van der Waals surface area contributed by atoms with E-state index >= 15 is 0 Å². The fraction of sp³-hybridized carbons (Fsp3) is 0.438. The summed E-state index contributed by atoms with van der Waals surface area (Å²) in [6.07, 6.45) is 2.49. The average molecular weight is 437 g/mol. The van der Waals surface area contributed by atoms with Crippen molar-refractivity contribution in [2.45, 2.75) is 32.7 Å². The molecular formula is C16H24HoN4-2. The number of hydrogen-bond acceptors (Lipinski definition) is 2. The predicted octanol–water partition coefficient (Wildman–Crippen LogP) is 3.42. The fourth-order valence-corrected chi connectivity index (χ4v) is 2.58. The molecule has 0 aromatic heterocycles. The van der Waals surface area contributed by atoms with Gasteiger partial charge < -0.3 is 16.4 Å². The van der Waals surface area contributed by atoms with E-state index in [1.807, 2.05) is 35.2 Å². The second-order valence-corrected chi connectivity index (χ2v) is 5.79. The number of nitrogens with one attached hydrogen (secondary N) is 2. The molecule has 1 heterocycles. The molecule has 0 aliphatic carbocycles. The van der Waals surface area contributed by atoms with Crippen LogP contribution < -0.4 is 5.73 Å². The van der Waals surface area contributed by atoms with Crippen LogP contribution in [0.4, 0.5) is 0 Å². The van der Waals surface area contributed by atoms with Gasteiger partial charge in [-0.15, -0.1) is 0 Å². The van der Waals surface area contributed by atoms with Crippen molar-refractivity contribution in [3.8, 4) is 0 Å². The first kappa shape index (κ1) is 20.3. The SMILES string of the molecule is CC1CN(C(=N)/C=C(\[NH-])N)C(C)(C)C1.[Ho].[c-]1ccccc1. The van der Waals surface area contributed by atoms with Crippen molar-refractivity contribution in [3.05, 3.63) is 54.0 Å². The van der Waals surface area contributed by atoms with Crippen molar-refractivity contribution in [3.63, 3.8) is 0 Å². The molecule has 1 aliphatic rings. The van der Waals surface area contributed by atoms with Crippen LogP contribution in [0.5, 0.6) is 0 Å². The normalized spacial score (nSPS) is 20.0. The Morgan fingerprint density at radius 2 is 1.95 bits per heavy atom. The first-order chi connectivity index (χ1) is 9.33. The van der Waals surface area contributed by atoms with Crippen LogP contribution in [0, 0.1) is 55.1 Å². The minimum Gasteiger partial charge on any atom is -0.495 e. The molecule has 0 saturated carbocycles. The van der Waals surface area contributed by atoms with Gasteiger partial charge in [0.25, 0.3) is 0 Å². The van der Waals surface area contributed by atoms with E-state index < -0.39 is 0 Å². The largest absolute Gasteiger partial charge is 0.495 e. The molecule has 1 atom stereocenters. The smallest absolute Gasteiger partial charge is 0.120 e. The van der Waals surface area contributed by atoms with Gasteiger partial charge >= 0.3 is 0 Å². The van der Waals surface area contributed by atoms with Crippen molar-refractivity contribution < 1.29 is 37.7 Å². The zero-order valence-corrected chi connectivity index (χ0v) is 14.7. The minimum atomic E-state index is -0.0506. The number of rotatable bonds is 1. The number of nitrogens with two attached hydrogens (primary N) is 1. The first-order valence-corrected chi connectivity index (χ1v) is 6.79. The van der Waals surface area contributed by atoms with E-state index in [2.05, 4.69) is 26.8 Å². The number of nitrogens with zero attached hydrogens (tertiary/aromatic N) is 1. The third kappa shape index (κ3) is 7.21. The predicted molar refractivity (Wildman–Crippen MR) is 84.2 cm³/mol. The summed E-state index contributed by atoms with van der Waals surface area (Å²) in [5.74, 6) is 0.905. The zero-order chi connectivity index (χ0) is 15.2. The molecule has 4 nitrogen and oxygen atoms in total. The van der Waals surface area contributed by atoms with Crippen molar-refractivity contribution in [1.29, 1.82) is 5.41 Å². The Morgan fingerprint density at radius 1 is 1.38 bits per heavy atom. The van der Waals surface area contributed by atoms with Gasteiger partial charge in [0, 0.05) is 49.8 Å². The molecule has 5 heteroatoms. The van der Waals surface area contributed by atoms with Crippen LogP contribution in [0.15, 0.2) is 42.2 Å². The Balaban J connectivity index is 0.000000480. The quantitative estimate of drug-likeness (QED) is 0.306. The number of hydrogen-bond donors (Lipinski definition) is 2. The molecule has 1 aliphatic heterocycles. The summed E-state index contributed by atoms with van der Waals surface area (Å²) in [7, 11) is 0. The monoisotopic (exact) mass is 437 g/mol. The van der Waals surface area contributed by atoms with E-state index in [-0.39, 0.29) is 49.1 Å². The molecule has 0 amide bonds. The van der Waals surface area contributed by atoms with Crippen LogP contribution in [0.25, 0.3) is 5.73 Å². The van der Waals surface area contributed by atoms with E-state index in [0.29, 0.717) is 11.8 Å². The Bertz CT molecular complexity index is 426. The Labute approximate surface area is 158 Å². The molecule has 1 radical (unpaired) electrons. The van der Waals surface area contributed by atoms with Gasteiger partial charge in [0.05, 0.1) is 0 Å². The second-order valence-electron chi connectivity index (χ2n) is 5.79. The topological polar surface area (TPSA) is 76.9 Å². The zero-order valence-electron chi connectivity index (χ0n) is 12.8. The molecule has 0 spiro atoms. The van der Waals surface area contributed by atoms with Gasteiger partial charge in [0.2, 0.25) is 0 Å². The summed E-state index contributed by atoms with van der Waals surface area (Å²) in [5.41, 5.74) is 12.4. The molecule has 0 bridgehead atoms. The van der Waals surface area contributed by atoms with E-state index in [1.54, 1.807) is 0 Å². The summed E-state index contributed by atoms with van der Waals surface area (Å²) >= 11 is 0. The minimum absolute atomic E-state index is 0. The van der Waals surface area contributed by atoms with Crippen molar-refractivity contribution in [2.24, 2.45) is 11.7 Å². The maximum atomic E-state index is 7.81. The average Bonchev–Trinajstić information content (AvgIpc) is 2.64. The van der Waals surface area contributed by atoms with E-state index in [1.165, 1.54) is 6.08 Å². The first-order valence-electron chi connectivity index (χ1n) is 6.79. The Hall–Kier alpha value is -0.710. The summed E-state index contributed by atoms with van der Waals surface area (Å²) in [4.78, 5) is 2.01. The van der Waals surface area contributed by atoms with E-state index in [0.717, 1.165) is 13.0 Å². The van der Waals surface area contributed by atoms with Crippen LogP contribution in [0.3, 0.4) is 0 Å². The maximum absolute atomic E-state index is 7.81. The molecule has 121 valence electrons. The van der Waals surface area contributed by atoms with Crippen LogP contribution >= 0.6 is 0 Å². The van der Waals surface area contributed by atoms with E-state index in [9.17, 15) is 0 Å². The molecule has 2 rings (SSSR count). The molecule has 1 unspecified atom stereocenters. The number of amidine groups is 1. The molecule has 4 N–H and O–H groups in total. The third-order valence-electron chi connectivity index (χ3n) is 3.26. The molecule has 1 saturated heterocycles. The summed E-state index contributed by atoms with van der Waals surface area (Å²) in [6.45, 7) is 7.32. The van der Waals surface area contributed by atoms with Crippen molar-refractivity contribution in [1.82, 2.24) is 4.90 Å². The van der Waals surface area contributed by atoms with Crippen molar-refractivity contribution in [2.75, 3.05) is 6.54 Å². The van der Waals surface area contributed by atoms with Crippen molar-refractivity contribution >= 4 is 5.84 Å². The Morgan fingerprint density at radius 3 is 2.24 bits per heavy atom. The Kier molecular flexibility index (Phi) is 9.02. The van der Waals surface area contributed by atoms with Gasteiger partial charge in [-0.2, -0.15) is 36.4 Å². The molecule has 21 heavy (non-hydrogen) atoms. The van der Waals surface area contributed by atoms with E-state index in [4.69, 9.17) is 16.9 Å². The molecule has 1 fully saturated rings. The van der Waals surface area contributed by atoms with Crippen LogP contribution in [0.2, 0.25) is 0 Å². The number of likely N-dealkylation sites (tertiary alicyclic amines) is 1. The van der Waals surface area contributed by atoms with Gasteiger partial charge in [-0.1, -0.05) is 12.7 Å². The van der Waals surface area contributed by atoms with Gasteiger partial charge in [-0.25, -0.2) is 0 Å². The summed E-state index contributed by atoms with van der Waals surface area (Å²) in [5, 5.41) is 7.81. The molecule has 1 aromatic rings. The molecular weight excluding hydrogens is 413 g/mol. The van der Waals surface area contributed by atoms with Gasteiger partial charge in [-0.3, -0.25) is 5.41 Å². The van der Waals surface area contributed by atoms with Gasteiger partial charge in [0.15, 0.2) is 0 Å².